The van der Waals surface area contributed by atoms with E-state index in [2.05, 4.69) is 25.6 Å². The topological polar surface area (TPSA) is 133 Å². The van der Waals surface area contributed by atoms with E-state index in [4.69, 9.17) is 4.74 Å². The van der Waals surface area contributed by atoms with Gasteiger partial charge in [-0.25, -0.2) is 28.5 Å². The molecule has 3 atom stereocenters. The predicted octanol–water partition coefficient (Wildman–Crippen LogP) is 5.77. The number of rotatable bonds is 8. The quantitative estimate of drug-likeness (QED) is 0.182. The van der Waals surface area contributed by atoms with Gasteiger partial charge in [0.15, 0.2) is 6.10 Å². The lowest BCUT2D eigenvalue weighted by Gasteiger charge is -2.33. The summed E-state index contributed by atoms with van der Waals surface area (Å²) < 4.78 is 73.7. The minimum Gasteiger partial charge on any atom is -0.465 e. The van der Waals surface area contributed by atoms with E-state index in [0.29, 0.717) is 22.2 Å². The molecular formula is C29H27F5N6O4. The summed E-state index contributed by atoms with van der Waals surface area (Å²) in [5, 5.41) is 24.6. The van der Waals surface area contributed by atoms with E-state index in [1.807, 2.05) is 0 Å². The predicted molar refractivity (Wildman–Crippen MR) is 151 cm³/mol. The number of ether oxygens (including phenoxy) is 1. The SMILES string of the molecule is Cc1ccc2c(NCC(O)C(F)(F)F)c(F)ccc2c1Oc1ncccc1-c1ccnc(NC2CC(F)CN(C(=O)O)C2)n1. The monoisotopic (exact) mass is 618 g/mol. The van der Waals surface area contributed by atoms with E-state index >= 15 is 0 Å². The van der Waals surface area contributed by atoms with Gasteiger partial charge in [-0.2, -0.15) is 13.2 Å². The molecule has 44 heavy (non-hydrogen) atoms. The van der Waals surface area contributed by atoms with Crippen LogP contribution in [0.15, 0.2) is 54.9 Å². The van der Waals surface area contributed by atoms with Crippen LogP contribution in [0.5, 0.6) is 11.6 Å². The average molecular weight is 619 g/mol. The van der Waals surface area contributed by atoms with Crippen LogP contribution in [-0.4, -0.2) is 80.3 Å². The number of likely N-dealkylation sites (tertiary alicyclic amines) is 1. The van der Waals surface area contributed by atoms with Gasteiger partial charge in [0, 0.05) is 48.7 Å². The Morgan fingerprint density at radius 2 is 1.89 bits per heavy atom. The second-order valence-electron chi connectivity index (χ2n) is 10.3. The van der Waals surface area contributed by atoms with Crippen LogP contribution < -0.4 is 15.4 Å². The highest BCUT2D eigenvalue weighted by atomic mass is 19.4. The molecule has 1 aliphatic rings. The first-order valence-electron chi connectivity index (χ1n) is 13.5. The molecule has 4 aromatic rings. The molecule has 5 rings (SSSR count). The van der Waals surface area contributed by atoms with Crippen LogP contribution in [0.2, 0.25) is 0 Å². The van der Waals surface area contributed by atoms with E-state index in [9.17, 15) is 37.0 Å². The standard InChI is InChI=1S/C29H27F5N6O4/c1-15-4-5-18-19(6-7-21(31)24(18)37-12-23(41)29(32,33)34)25(15)44-26-20(3-2-9-35-26)22-8-10-36-27(39-22)38-17-11-16(30)13-40(14-17)28(42)43/h2-10,16-17,23,37,41H,11-14H2,1H3,(H,42,43)(H,36,38,39). The Morgan fingerprint density at radius 1 is 1.11 bits per heavy atom. The average Bonchev–Trinajstić information content (AvgIpc) is 2.97. The Bertz CT molecular complexity index is 1670. The maximum atomic E-state index is 14.7. The van der Waals surface area contributed by atoms with E-state index in [0.717, 1.165) is 11.0 Å². The number of halogens is 5. The number of nitrogens with one attached hydrogen (secondary N) is 2. The minimum absolute atomic E-state index is 0.0531. The zero-order valence-corrected chi connectivity index (χ0v) is 23.1. The molecule has 1 fully saturated rings. The van der Waals surface area contributed by atoms with Crippen LogP contribution in [0.25, 0.3) is 22.0 Å². The number of benzene rings is 2. The maximum Gasteiger partial charge on any atom is 0.416 e. The van der Waals surface area contributed by atoms with Crippen LogP contribution in [0, 0.1) is 12.7 Å². The molecule has 0 bridgehead atoms. The van der Waals surface area contributed by atoms with Crippen molar-refractivity contribution in [3.8, 4) is 22.9 Å². The molecule has 2 aromatic carbocycles. The lowest BCUT2D eigenvalue weighted by Crippen LogP contribution is -2.49. The van der Waals surface area contributed by atoms with Crippen molar-refractivity contribution in [1.29, 1.82) is 0 Å². The van der Waals surface area contributed by atoms with Crippen molar-refractivity contribution in [1.82, 2.24) is 19.9 Å². The third-order valence-corrected chi connectivity index (χ3v) is 7.05. The van der Waals surface area contributed by atoms with E-state index in [1.54, 1.807) is 31.2 Å². The number of aliphatic hydroxyl groups excluding tert-OH is 1. The van der Waals surface area contributed by atoms with Crippen molar-refractivity contribution in [2.45, 2.75) is 37.8 Å². The number of fused-ring (bicyclic) bond motifs is 1. The zero-order valence-electron chi connectivity index (χ0n) is 23.1. The largest absolute Gasteiger partial charge is 0.465 e. The smallest absolute Gasteiger partial charge is 0.416 e. The highest BCUT2D eigenvalue weighted by Crippen LogP contribution is 2.39. The van der Waals surface area contributed by atoms with Gasteiger partial charge >= 0.3 is 12.3 Å². The Kier molecular flexibility index (Phi) is 8.67. The van der Waals surface area contributed by atoms with Gasteiger partial charge in [-0.15, -0.1) is 0 Å². The van der Waals surface area contributed by atoms with E-state index in [-0.39, 0.29) is 48.2 Å². The van der Waals surface area contributed by atoms with Crippen molar-refractivity contribution < 1.29 is 41.7 Å². The van der Waals surface area contributed by atoms with Gasteiger partial charge in [-0.05, 0) is 42.8 Å². The highest BCUT2D eigenvalue weighted by molar-refractivity contribution is 5.99. The lowest BCUT2D eigenvalue weighted by atomic mass is 10.0. The molecule has 15 heteroatoms. The second kappa shape index (κ2) is 12.4. The Balaban J connectivity index is 1.44. The molecule has 3 heterocycles. The van der Waals surface area contributed by atoms with Gasteiger partial charge in [-0.1, -0.05) is 12.1 Å². The summed E-state index contributed by atoms with van der Waals surface area (Å²) in [6, 6.07) is 10.0. The van der Waals surface area contributed by atoms with Crippen LogP contribution in [0.3, 0.4) is 0 Å². The fourth-order valence-corrected chi connectivity index (χ4v) is 4.91. The van der Waals surface area contributed by atoms with Gasteiger partial charge in [0.05, 0.1) is 23.5 Å². The van der Waals surface area contributed by atoms with Crippen LogP contribution >= 0.6 is 0 Å². The molecule has 0 saturated carbocycles. The summed E-state index contributed by atoms with van der Waals surface area (Å²) in [4.78, 5) is 25.4. The first-order valence-corrected chi connectivity index (χ1v) is 13.5. The third-order valence-electron chi connectivity index (χ3n) is 7.05. The summed E-state index contributed by atoms with van der Waals surface area (Å²) in [6.07, 6.45) is -7.13. The van der Waals surface area contributed by atoms with Crippen LogP contribution in [0.1, 0.15) is 12.0 Å². The zero-order chi connectivity index (χ0) is 31.6. The Labute approximate surface area is 247 Å². The first kappa shape index (κ1) is 30.7. The normalized spacial score (nSPS) is 17.8. The van der Waals surface area contributed by atoms with Gasteiger partial charge in [0.25, 0.3) is 0 Å². The highest BCUT2D eigenvalue weighted by Gasteiger charge is 2.38. The van der Waals surface area contributed by atoms with Crippen molar-refractivity contribution in [3.05, 3.63) is 66.2 Å². The molecule has 0 spiro atoms. The number of alkyl halides is 4. The number of pyridine rings is 1. The van der Waals surface area contributed by atoms with Crippen molar-refractivity contribution in [2.24, 2.45) is 0 Å². The molecule has 0 aliphatic carbocycles. The number of hydrogen-bond acceptors (Lipinski definition) is 8. The van der Waals surface area contributed by atoms with Crippen LogP contribution in [0.4, 0.5) is 38.4 Å². The molecule has 0 radical (unpaired) electrons. The van der Waals surface area contributed by atoms with Gasteiger partial charge < -0.3 is 30.5 Å². The Hall–Kier alpha value is -4.79. The first-order chi connectivity index (χ1) is 20.9. The minimum atomic E-state index is -4.88. The molecule has 4 N–H and O–H groups in total. The number of aliphatic hydroxyl groups is 1. The molecule has 10 nitrogen and oxygen atoms in total. The third kappa shape index (κ3) is 6.72. The number of anilines is 2. The molecular weight excluding hydrogens is 591 g/mol. The molecule has 2 aromatic heterocycles. The summed E-state index contributed by atoms with van der Waals surface area (Å²) >= 11 is 0. The molecule has 232 valence electrons. The van der Waals surface area contributed by atoms with Crippen molar-refractivity contribution in [3.63, 3.8) is 0 Å². The van der Waals surface area contributed by atoms with E-state index in [1.165, 1.54) is 24.5 Å². The lowest BCUT2D eigenvalue weighted by molar-refractivity contribution is -0.198. The van der Waals surface area contributed by atoms with Gasteiger partial charge in [0.2, 0.25) is 11.8 Å². The second-order valence-corrected chi connectivity index (χ2v) is 10.3. The van der Waals surface area contributed by atoms with Crippen LogP contribution in [-0.2, 0) is 0 Å². The molecule has 1 aliphatic heterocycles. The van der Waals surface area contributed by atoms with E-state index < -0.39 is 42.9 Å². The molecule has 3 unspecified atom stereocenters. The number of aromatic nitrogens is 3. The number of carboxylic acid groups (broad SMARTS) is 1. The fraction of sp³-hybridized carbons (Fsp3) is 0.310. The number of carbonyl (C=O) groups is 1. The molecule has 1 amide bonds. The number of nitrogens with zero attached hydrogens (tertiary/aromatic N) is 4. The summed E-state index contributed by atoms with van der Waals surface area (Å²) in [5.74, 6) is -0.308. The number of amides is 1. The van der Waals surface area contributed by atoms with Gasteiger partial charge in [-0.3, -0.25) is 0 Å². The molecule has 1 saturated heterocycles. The Morgan fingerprint density at radius 3 is 2.64 bits per heavy atom. The van der Waals surface area contributed by atoms with Crippen molar-refractivity contribution >= 4 is 28.5 Å². The number of aryl methyl sites for hydroxylation is 1. The summed E-state index contributed by atoms with van der Waals surface area (Å²) in [7, 11) is 0. The summed E-state index contributed by atoms with van der Waals surface area (Å²) in [5.41, 5.74) is 1.19. The number of hydrogen-bond donors (Lipinski definition) is 4. The maximum absolute atomic E-state index is 14.7. The van der Waals surface area contributed by atoms with Gasteiger partial charge in [0.1, 0.15) is 17.7 Å². The fourth-order valence-electron chi connectivity index (χ4n) is 4.91. The summed E-state index contributed by atoms with van der Waals surface area (Å²) in [6.45, 7) is 0.617. The number of piperidine rings is 1. The van der Waals surface area contributed by atoms with Crippen molar-refractivity contribution in [2.75, 3.05) is 30.3 Å².